The topological polar surface area (TPSA) is 85.2 Å². The van der Waals surface area contributed by atoms with Crippen LogP contribution in [0.15, 0.2) is 0 Å². The van der Waals surface area contributed by atoms with E-state index in [-0.39, 0.29) is 5.60 Å². The number of phosphoric ester groups is 1. The lowest BCUT2D eigenvalue weighted by molar-refractivity contribution is -0.0534. The molecular weight excluding hydrogens is 271 g/mol. The van der Waals surface area contributed by atoms with Gasteiger partial charge in [0.25, 0.3) is 0 Å². The maximum Gasteiger partial charge on any atom is 0.470 e. The van der Waals surface area contributed by atoms with Crippen LogP contribution in [-0.2, 0) is 18.6 Å². The second kappa shape index (κ2) is 7.72. The number of rotatable bonds is 10. The molecule has 19 heavy (non-hydrogen) atoms. The molecule has 0 fully saturated rings. The lowest BCUT2D eigenvalue weighted by Crippen LogP contribution is -2.27. The van der Waals surface area contributed by atoms with E-state index in [9.17, 15) is 4.57 Å². The first kappa shape index (κ1) is 19.0. The van der Waals surface area contributed by atoms with E-state index < -0.39 is 13.4 Å². The molecule has 116 valence electrons. The number of hydrogen-bond donors (Lipinski definition) is 2. The predicted octanol–water partition coefficient (Wildman–Crippen LogP) is 2.49. The summed E-state index contributed by atoms with van der Waals surface area (Å²) in [7, 11) is -4.46. The average Bonchev–Trinajstić information content (AvgIpc) is 2.19. The number of hydrogen-bond acceptors (Lipinski definition) is 4. The summed E-state index contributed by atoms with van der Waals surface area (Å²) in [6.07, 6.45) is 1.32. The fourth-order valence-corrected chi connectivity index (χ4v) is 2.00. The molecule has 0 spiro atoms. The molecule has 0 aromatic rings. The van der Waals surface area contributed by atoms with Crippen LogP contribution in [0, 0.1) is 0 Å². The molecule has 0 aliphatic carbocycles. The summed E-state index contributed by atoms with van der Waals surface area (Å²) in [6.45, 7) is 10.6. The van der Waals surface area contributed by atoms with E-state index in [0.29, 0.717) is 26.2 Å². The first-order valence-electron chi connectivity index (χ1n) is 6.45. The van der Waals surface area contributed by atoms with E-state index in [0.717, 1.165) is 6.42 Å². The van der Waals surface area contributed by atoms with Gasteiger partial charge in [-0.25, -0.2) is 4.57 Å². The third kappa shape index (κ3) is 11.5. The van der Waals surface area contributed by atoms with Crippen LogP contribution in [-0.4, -0.2) is 40.8 Å². The van der Waals surface area contributed by atoms with Crippen molar-refractivity contribution in [3.05, 3.63) is 0 Å². The molecule has 0 bridgehead atoms. The summed E-state index contributed by atoms with van der Waals surface area (Å²) >= 11 is 0. The second-order valence-corrected chi connectivity index (χ2v) is 6.83. The molecule has 0 saturated carbocycles. The Labute approximate surface area is 115 Å². The molecule has 0 aliphatic heterocycles. The zero-order valence-corrected chi connectivity index (χ0v) is 13.4. The van der Waals surface area contributed by atoms with Crippen LogP contribution in [0.1, 0.15) is 47.5 Å². The largest absolute Gasteiger partial charge is 0.470 e. The van der Waals surface area contributed by atoms with Gasteiger partial charge in [-0.05, 0) is 40.5 Å². The summed E-state index contributed by atoms with van der Waals surface area (Å²) in [5.74, 6) is 0. The van der Waals surface area contributed by atoms with Gasteiger partial charge in [0.05, 0.1) is 24.4 Å². The molecule has 0 radical (unpaired) electrons. The van der Waals surface area contributed by atoms with Crippen molar-refractivity contribution in [3.63, 3.8) is 0 Å². The van der Waals surface area contributed by atoms with Gasteiger partial charge < -0.3 is 19.3 Å². The van der Waals surface area contributed by atoms with Crippen LogP contribution in [0.4, 0.5) is 0 Å². The Morgan fingerprint density at radius 3 is 2.05 bits per heavy atom. The van der Waals surface area contributed by atoms with E-state index in [2.05, 4.69) is 11.4 Å². The smallest absolute Gasteiger partial charge is 0.379 e. The molecule has 0 aromatic carbocycles. The minimum Gasteiger partial charge on any atom is -0.379 e. The van der Waals surface area contributed by atoms with E-state index in [1.807, 2.05) is 13.8 Å². The Balaban J connectivity index is 3.72. The summed E-state index contributed by atoms with van der Waals surface area (Å²) in [4.78, 5) is 17.5. The fourth-order valence-electron chi connectivity index (χ4n) is 1.27. The van der Waals surface area contributed by atoms with Crippen molar-refractivity contribution in [1.82, 2.24) is 0 Å². The second-order valence-electron chi connectivity index (χ2n) is 5.67. The molecule has 7 heteroatoms. The van der Waals surface area contributed by atoms with Crippen molar-refractivity contribution in [2.45, 2.75) is 58.7 Å². The Morgan fingerprint density at radius 1 is 1.00 bits per heavy atom. The van der Waals surface area contributed by atoms with Crippen LogP contribution in [0.3, 0.4) is 0 Å². The summed E-state index contributed by atoms with van der Waals surface area (Å²) in [6, 6.07) is 0. The Hall–Kier alpha value is 0.0300. The van der Waals surface area contributed by atoms with Gasteiger partial charge in [-0.15, -0.1) is 0 Å². The van der Waals surface area contributed by atoms with Gasteiger partial charge in [-0.1, -0.05) is 6.92 Å². The van der Waals surface area contributed by atoms with E-state index in [4.69, 9.17) is 19.3 Å². The average molecular weight is 298 g/mol. The third-order valence-electron chi connectivity index (χ3n) is 2.79. The highest BCUT2D eigenvalue weighted by atomic mass is 31.2. The Kier molecular flexibility index (Phi) is 7.73. The van der Waals surface area contributed by atoms with Crippen molar-refractivity contribution < 1.29 is 28.3 Å². The quantitative estimate of drug-likeness (QED) is 0.476. The van der Waals surface area contributed by atoms with Crippen LogP contribution in [0.5, 0.6) is 0 Å². The number of ether oxygens (including phenoxy) is 2. The minimum absolute atomic E-state index is 0.147. The Bertz CT molecular complexity index is 297. The van der Waals surface area contributed by atoms with Crippen molar-refractivity contribution >= 4 is 7.82 Å². The van der Waals surface area contributed by atoms with Crippen LogP contribution in [0.2, 0.25) is 0 Å². The lowest BCUT2D eigenvalue weighted by atomic mass is 10.1. The van der Waals surface area contributed by atoms with E-state index >= 15 is 0 Å². The van der Waals surface area contributed by atoms with Gasteiger partial charge in [-0.3, -0.25) is 4.52 Å². The van der Waals surface area contributed by atoms with Crippen molar-refractivity contribution in [3.8, 4) is 0 Å². The normalized spacial score (nSPS) is 13.8. The maximum atomic E-state index is 10.7. The Morgan fingerprint density at radius 2 is 1.58 bits per heavy atom. The highest BCUT2D eigenvalue weighted by molar-refractivity contribution is 7.46. The van der Waals surface area contributed by atoms with Crippen molar-refractivity contribution in [2.24, 2.45) is 0 Å². The summed E-state index contributed by atoms with van der Waals surface area (Å²) in [5.41, 5.74) is -1.06. The fraction of sp³-hybridized carbons (Fsp3) is 1.00. The van der Waals surface area contributed by atoms with Gasteiger partial charge in [0, 0.05) is 6.61 Å². The number of phosphoric acid groups is 1. The minimum atomic E-state index is -4.46. The molecule has 0 aliphatic rings. The molecule has 0 unspecified atom stereocenters. The van der Waals surface area contributed by atoms with Crippen LogP contribution >= 0.6 is 7.82 Å². The molecule has 0 atom stereocenters. The molecule has 6 nitrogen and oxygen atoms in total. The lowest BCUT2D eigenvalue weighted by Gasteiger charge is -2.25. The molecule has 0 rings (SSSR count). The summed E-state index contributed by atoms with van der Waals surface area (Å²) < 4.78 is 26.4. The summed E-state index contributed by atoms with van der Waals surface area (Å²) in [5, 5.41) is 0. The zero-order chi connectivity index (χ0) is 15.2. The van der Waals surface area contributed by atoms with Gasteiger partial charge in [0.1, 0.15) is 0 Å². The highest BCUT2D eigenvalue weighted by Crippen LogP contribution is 2.42. The van der Waals surface area contributed by atoms with Crippen LogP contribution < -0.4 is 0 Å². The van der Waals surface area contributed by atoms with Gasteiger partial charge in [-0.2, -0.15) is 0 Å². The molecule has 0 aromatic heterocycles. The van der Waals surface area contributed by atoms with Gasteiger partial charge in [0.15, 0.2) is 0 Å². The third-order valence-corrected chi connectivity index (χ3v) is 3.52. The zero-order valence-electron chi connectivity index (χ0n) is 12.5. The SMILES string of the molecule is CCC(C)(C)OCCOCCC(C)(C)OP(=O)(O)O. The first-order chi connectivity index (χ1) is 8.47. The van der Waals surface area contributed by atoms with Gasteiger partial charge in [0.2, 0.25) is 0 Å². The first-order valence-corrected chi connectivity index (χ1v) is 7.98. The molecular formula is C12H27O6P. The molecule has 2 N–H and O–H groups in total. The molecule has 0 amide bonds. The highest BCUT2D eigenvalue weighted by Gasteiger charge is 2.28. The van der Waals surface area contributed by atoms with Gasteiger partial charge >= 0.3 is 7.82 Å². The van der Waals surface area contributed by atoms with Crippen LogP contribution in [0.25, 0.3) is 0 Å². The monoisotopic (exact) mass is 298 g/mol. The van der Waals surface area contributed by atoms with E-state index in [1.54, 1.807) is 13.8 Å². The standard InChI is InChI=1S/C12H27O6P/c1-6-11(2,3)17-10-9-16-8-7-12(4,5)18-19(13,14)15/h6-10H2,1-5H3,(H2,13,14,15). The van der Waals surface area contributed by atoms with Crippen molar-refractivity contribution in [1.29, 1.82) is 0 Å². The molecule has 0 heterocycles. The van der Waals surface area contributed by atoms with Crippen molar-refractivity contribution in [2.75, 3.05) is 19.8 Å². The van der Waals surface area contributed by atoms with E-state index in [1.165, 1.54) is 0 Å². The molecule has 0 saturated heterocycles. The maximum absolute atomic E-state index is 10.7. The predicted molar refractivity (Wildman–Crippen MR) is 73.0 cm³/mol.